The van der Waals surface area contributed by atoms with Crippen molar-refractivity contribution in [3.8, 4) is 0 Å². The highest BCUT2D eigenvalue weighted by Crippen LogP contribution is 2.55. The molecule has 0 spiro atoms. The smallest absolute Gasteiger partial charge is 0.286 e. The number of hydrogen-bond acceptors (Lipinski definition) is 6. The number of rotatable bonds is 4. The maximum Gasteiger partial charge on any atom is 0.286 e. The van der Waals surface area contributed by atoms with Gasteiger partial charge in [-0.15, -0.1) is 4.40 Å². The van der Waals surface area contributed by atoms with Crippen LogP contribution in [0.4, 0.5) is 10.1 Å². The van der Waals surface area contributed by atoms with Gasteiger partial charge in [-0.1, -0.05) is 18.2 Å². The SMILES string of the molecule is NCc1ccc2c(c1)S(=O)(=O)N=C(C1=C(O)[C@@H]3[C@H]4CC[C@H](C4)[C@@H]3N(Cc3ccc(F)cc3)C1=O)N2. The summed E-state index contributed by atoms with van der Waals surface area (Å²) in [6, 6.07) is 10.5. The van der Waals surface area contributed by atoms with E-state index >= 15 is 0 Å². The fraction of sp³-hybridized carbons (Fsp3) is 0.360. The Hall–Kier alpha value is -3.24. The van der Waals surface area contributed by atoms with Crippen molar-refractivity contribution in [2.24, 2.45) is 27.9 Å². The monoisotopic (exact) mass is 496 g/mol. The third-order valence-corrected chi connectivity index (χ3v) is 9.12. The van der Waals surface area contributed by atoms with E-state index in [9.17, 15) is 22.7 Å². The molecular formula is C25H25FN4O4S. The third kappa shape index (κ3) is 3.46. The first-order valence-electron chi connectivity index (χ1n) is 11.7. The van der Waals surface area contributed by atoms with E-state index in [1.807, 2.05) is 0 Å². The van der Waals surface area contributed by atoms with Crippen LogP contribution >= 0.6 is 0 Å². The molecule has 0 radical (unpaired) electrons. The Balaban J connectivity index is 1.44. The van der Waals surface area contributed by atoms with Gasteiger partial charge in [-0.2, -0.15) is 8.42 Å². The number of aliphatic hydroxyl groups is 1. The van der Waals surface area contributed by atoms with Crippen LogP contribution in [0.15, 0.2) is 63.1 Å². The van der Waals surface area contributed by atoms with Crippen LogP contribution in [0.2, 0.25) is 0 Å². The lowest BCUT2D eigenvalue weighted by atomic mass is 9.77. The first-order chi connectivity index (χ1) is 16.8. The lowest BCUT2D eigenvalue weighted by molar-refractivity contribution is -0.134. The molecule has 1 amide bonds. The molecule has 2 aromatic rings. The van der Waals surface area contributed by atoms with E-state index in [-0.39, 0.29) is 70.5 Å². The van der Waals surface area contributed by atoms with E-state index in [1.54, 1.807) is 29.2 Å². The molecular weight excluding hydrogens is 471 g/mol. The van der Waals surface area contributed by atoms with Gasteiger partial charge >= 0.3 is 0 Å². The van der Waals surface area contributed by atoms with Gasteiger partial charge in [0.25, 0.3) is 15.9 Å². The van der Waals surface area contributed by atoms with Crippen molar-refractivity contribution in [3.05, 3.63) is 70.7 Å². The number of anilines is 1. The van der Waals surface area contributed by atoms with Crippen molar-refractivity contribution in [3.63, 3.8) is 0 Å². The van der Waals surface area contributed by atoms with Gasteiger partial charge < -0.3 is 21.1 Å². The van der Waals surface area contributed by atoms with Crippen LogP contribution in [0.5, 0.6) is 0 Å². The molecule has 2 aliphatic heterocycles. The molecule has 182 valence electrons. The normalized spacial score (nSPS) is 28.5. The summed E-state index contributed by atoms with van der Waals surface area (Å²) in [5.41, 5.74) is 7.22. The highest BCUT2D eigenvalue weighted by molar-refractivity contribution is 7.90. The van der Waals surface area contributed by atoms with Gasteiger partial charge in [0.2, 0.25) is 0 Å². The Morgan fingerprint density at radius 2 is 1.83 bits per heavy atom. The number of nitrogens with zero attached hydrogens (tertiary/aromatic N) is 2. The van der Waals surface area contributed by atoms with Crippen LogP contribution in [0, 0.1) is 23.6 Å². The van der Waals surface area contributed by atoms with E-state index in [1.165, 1.54) is 18.2 Å². The summed E-state index contributed by atoms with van der Waals surface area (Å²) in [7, 11) is -4.12. The summed E-state index contributed by atoms with van der Waals surface area (Å²) in [5.74, 6) is -0.921. The van der Waals surface area contributed by atoms with Crippen molar-refractivity contribution >= 4 is 27.5 Å². The van der Waals surface area contributed by atoms with E-state index in [0.29, 0.717) is 5.56 Å². The van der Waals surface area contributed by atoms with Crippen LogP contribution in [0.1, 0.15) is 30.4 Å². The molecule has 2 bridgehead atoms. The lowest BCUT2D eigenvalue weighted by Gasteiger charge is -2.44. The van der Waals surface area contributed by atoms with Gasteiger partial charge in [-0.25, -0.2) is 4.39 Å². The molecule has 2 aliphatic carbocycles. The zero-order valence-electron chi connectivity index (χ0n) is 18.8. The molecule has 2 saturated carbocycles. The molecule has 4 aliphatic rings. The fourth-order valence-corrected chi connectivity index (χ4v) is 7.45. The van der Waals surface area contributed by atoms with Gasteiger partial charge in [0, 0.05) is 25.0 Å². The number of amidine groups is 1. The number of carbonyl (C=O) groups is 1. The molecule has 10 heteroatoms. The average molecular weight is 497 g/mol. The number of fused-ring (bicyclic) bond motifs is 6. The molecule has 0 saturated heterocycles. The Kier molecular flexibility index (Phi) is 5.01. The van der Waals surface area contributed by atoms with Crippen LogP contribution < -0.4 is 11.1 Å². The number of benzene rings is 2. The number of nitrogens with two attached hydrogens (primary N) is 1. The summed E-state index contributed by atoms with van der Waals surface area (Å²) >= 11 is 0. The van der Waals surface area contributed by atoms with Crippen molar-refractivity contribution in [1.29, 1.82) is 0 Å². The Morgan fingerprint density at radius 1 is 1.11 bits per heavy atom. The summed E-state index contributed by atoms with van der Waals surface area (Å²) in [5, 5.41) is 14.3. The number of nitrogens with one attached hydrogen (secondary N) is 1. The molecule has 8 nitrogen and oxygen atoms in total. The minimum atomic E-state index is -4.12. The third-order valence-electron chi connectivity index (χ3n) is 7.81. The van der Waals surface area contributed by atoms with Crippen molar-refractivity contribution in [2.45, 2.75) is 43.3 Å². The summed E-state index contributed by atoms with van der Waals surface area (Å²) in [4.78, 5) is 15.5. The molecule has 2 heterocycles. The van der Waals surface area contributed by atoms with E-state index < -0.39 is 15.9 Å². The standard InChI is InChI=1S/C25H25FN4O4S/c26-17-6-1-13(2-7-17)12-30-22-16-5-4-15(10-16)20(22)23(31)21(25(30)32)24-28-18-8-3-14(11-27)9-19(18)35(33,34)29-24/h1-3,6-9,15-16,20,22,31H,4-5,10-12,27H2,(H,28,29)/t15-,16+,20+,22-/m0/s1. The maximum atomic E-state index is 13.9. The van der Waals surface area contributed by atoms with E-state index in [0.717, 1.165) is 24.8 Å². The maximum absolute atomic E-state index is 13.9. The zero-order chi connectivity index (χ0) is 24.5. The van der Waals surface area contributed by atoms with Crippen LogP contribution in [0.25, 0.3) is 0 Å². The number of amides is 1. The molecule has 0 aromatic heterocycles. The van der Waals surface area contributed by atoms with E-state index in [4.69, 9.17) is 5.73 Å². The van der Waals surface area contributed by atoms with Gasteiger partial charge in [0.15, 0.2) is 5.84 Å². The number of hydrogen-bond donors (Lipinski definition) is 3. The Labute approximate surface area is 202 Å². The van der Waals surface area contributed by atoms with E-state index in [2.05, 4.69) is 9.71 Å². The number of carbonyl (C=O) groups excluding carboxylic acids is 1. The minimum absolute atomic E-state index is 0.0199. The second-order valence-corrected chi connectivity index (χ2v) is 11.3. The molecule has 4 N–H and O–H groups in total. The predicted molar refractivity (Wildman–Crippen MR) is 127 cm³/mol. The zero-order valence-corrected chi connectivity index (χ0v) is 19.6. The van der Waals surface area contributed by atoms with Gasteiger partial charge in [0.1, 0.15) is 22.0 Å². The fourth-order valence-electron chi connectivity index (χ4n) is 6.27. The minimum Gasteiger partial charge on any atom is -0.511 e. The quantitative estimate of drug-likeness (QED) is 0.598. The Morgan fingerprint density at radius 3 is 2.57 bits per heavy atom. The summed E-state index contributed by atoms with van der Waals surface area (Å²) < 4.78 is 43.4. The van der Waals surface area contributed by atoms with Crippen LogP contribution in [0.3, 0.4) is 0 Å². The van der Waals surface area contributed by atoms with Crippen molar-refractivity contribution in [2.75, 3.05) is 5.32 Å². The Bertz CT molecular complexity index is 1400. The van der Waals surface area contributed by atoms with Crippen molar-refractivity contribution < 1.29 is 22.7 Å². The topological polar surface area (TPSA) is 125 Å². The summed E-state index contributed by atoms with van der Waals surface area (Å²) in [6.07, 6.45) is 2.83. The van der Waals surface area contributed by atoms with Crippen LogP contribution in [-0.4, -0.2) is 36.2 Å². The average Bonchev–Trinajstić information content (AvgIpc) is 3.45. The molecule has 0 unspecified atom stereocenters. The number of halogens is 1. The van der Waals surface area contributed by atoms with Gasteiger partial charge in [-0.05, 0) is 66.5 Å². The van der Waals surface area contributed by atoms with Crippen molar-refractivity contribution in [1.82, 2.24) is 4.90 Å². The lowest BCUT2D eigenvalue weighted by Crippen LogP contribution is -2.53. The second kappa shape index (κ2) is 7.89. The molecule has 4 atom stereocenters. The molecule has 6 rings (SSSR count). The van der Waals surface area contributed by atoms with Gasteiger partial charge in [-0.3, -0.25) is 4.79 Å². The first-order valence-corrected chi connectivity index (χ1v) is 13.1. The molecule has 35 heavy (non-hydrogen) atoms. The first kappa shape index (κ1) is 22.2. The second-order valence-electron chi connectivity index (χ2n) is 9.74. The number of sulfonamides is 1. The van der Waals surface area contributed by atoms with Gasteiger partial charge in [0.05, 0.1) is 5.69 Å². The van der Waals surface area contributed by atoms with Crippen LogP contribution in [-0.2, 0) is 27.9 Å². The molecule has 2 fully saturated rings. The summed E-state index contributed by atoms with van der Waals surface area (Å²) in [6.45, 7) is 0.407. The highest BCUT2D eigenvalue weighted by atomic mass is 32.2. The number of aliphatic hydroxyl groups excluding tert-OH is 1. The highest BCUT2D eigenvalue weighted by Gasteiger charge is 2.57. The predicted octanol–water partition coefficient (Wildman–Crippen LogP) is 3.07. The largest absolute Gasteiger partial charge is 0.511 e. The molecule has 2 aromatic carbocycles.